The first-order valence-electron chi connectivity index (χ1n) is 8.88. The van der Waals surface area contributed by atoms with Crippen LogP contribution in [0.2, 0.25) is 5.02 Å². The number of hydrogen-bond acceptors (Lipinski definition) is 5. The minimum atomic E-state index is -0.319. The van der Waals surface area contributed by atoms with Crippen LogP contribution in [0.4, 0.5) is 17.3 Å². The second kappa shape index (κ2) is 8.71. The van der Waals surface area contributed by atoms with E-state index < -0.39 is 0 Å². The monoisotopic (exact) mass is 396 g/mol. The smallest absolute Gasteiger partial charge is 0.274 e. The van der Waals surface area contributed by atoms with Crippen molar-refractivity contribution in [2.75, 3.05) is 17.2 Å². The first-order chi connectivity index (χ1) is 13.5. The van der Waals surface area contributed by atoms with Crippen molar-refractivity contribution in [3.8, 4) is 5.75 Å². The summed E-state index contributed by atoms with van der Waals surface area (Å²) >= 11 is 6.16. The van der Waals surface area contributed by atoms with Gasteiger partial charge in [0, 0.05) is 22.1 Å². The summed E-state index contributed by atoms with van der Waals surface area (Å²) < 4.78 is 5.41. The third-order valence-corrected chi connectivity index (χ3v) is 4.43. The zero-order chi connectivity index (χ0) is 20.1. The summed E-state index contributed by atoms with van der Waals surface area (Å²) in [7, 11) is 0. The lowest BCUT2D eigenvalue weighted by Gasteiger charge is -2.11. The number of nitrogens with zero attached hydrogens (tertiary/aromatic N) is 2. The lowest BCUT2D eigenvalue weighted by Crippen LogP contribution is -2.15. The SMILES string of the molecule is CCOc1ccc(NC(=O)c2cc(C)nc(Nc3cccc(Cl)c3C)n2)cc1. The lowest BCUT2D eigenvalue weighted by molar-refractivity contribution is 0.102. The molecule has 1 aromatic heterocycles. The van der Waals surface area contributed by atoms with Crippen LogP contribution in [0.1, 0.15) is 28.7 Å². The van der Waals surface area contributed by atoms with Crippen molar-refractivity contribution in [2.45, 2.75) is 20.8 Å². The summed E-state index contributed by atoms with van der Waals surface area (Å²) in [4.78, 5) is 21.3. The van der Waals surface area contributed by atoms with Gasteiger partial charge in [0.05, 0.1) is 6.61 Å². The molecule has 0 aliphatic heterocycles. The zero-order valence-corrected chi connectivity index (χ0v) is 16.7. The topological polar surface area (TPSA) is 76.1 Å². The van der Waals surface area contributed by atoms with E-state index >= 15 is 0 Å². The molecule has 0 aliphatic carbocycles. The van der Waals surface area contributed by atoms with Crippen LogP contribution in [0.3, 0.4) is 0 Å². The molecule has 2 aromatic carbocycles. The molecule has 1 amide bonds. The van der Waals surface area contributed by atoms with E-state index in [2.05, 4.69) is 20.6 Å². The van der Waals surface area contributed by atoms with Gasteiger partial charge in [-0.3, -0.25) is 4.79 Å². The largest absolute Gasteiger partial charge is 0.494 e. The summed E-state index contributed by atoms with van der Waals surface area (Å²) in [6, 6.07) is 14.4. The van der Waals surface area contributed by atoms with Gasteiger partial charge in [0.2, 0.25) is 5.95 Å². The number of nitrogens with one attached hydrogen (secondary N) is 2. The van der Waals surface area contributed by atoms with Crippen molar-refractivity contribution in [3.63, 3.8) is 0 Å². The average molecular weight is 397 g/mol. The Labute approximate surface area is 168 Å². The van der Waals surface area contributed by atoms with Gasteiger partial charge in [-0.25, -0.2) is 9.97 Å². The van der Waals surface area contributed by atoms with E-state index in [1.165, 1.54) is 0 Å². The van der Waals surface area contributed by atoms with E-state index in [0.29, 0.717) is 29.0 Å². The Balaban J connectivity index is 1.78. The Morgan fingerprint density at radius 2 is 1.86 bits per heavy atom. The van der Waals surface area contributed by atoms with Crippen molar-refractivity contribution >= 4 is 34.8 Å². The fourth-order valence-electron chi connectivity index (χ4n) is 2.60. The Morgan fingerprint density at radius 3 is 2.57 bits per heavy atom. The maximum Gasteiger partial charge on any atom is 0.274 e. The maximum absolute atomic E-state index is 12.6. The molecule has 3 aromatic rings. The zero-order valence-electron chi connectivity index (χ0n) is 15.9. The number of amides is 1. The quantitative estimate of drug-likeness (QED) is 0.603. The molecule has 6 nitrogen and oxygen atoms in total. The Morgan fingerprint density at radius 1 is 1.11 bits per heavy atom. The summed E-state index contributed by atoms with van der Waals surface area (Å²) in [5.74, 6) is 0.768. The van der Waals surface area contributed by atoms with Crippen LogP contribution in [0.5, 0.6) is 5.75 Å². The van der Waals surface area contributed by atoms with E-state index in [0.717, 1.165) is 17.0 Å². The van der Waals surface area contributed by atoms with Gasteiger partial charge < -0.3 is 15.4 Å². The fourth-order valence-corrected chi connectivity index (χ4v) is 2.77. The van der Waals surface area contributed by atoms with Crippen LogP contribution in [-0.2, 0) is 0 Å². The van der Waals surface area contributed by atoms with Crippen LogP contribution in [-0.4, -0.2) is 22.5 Å². The number of anilines is 3. The van der Waals surface area contributed by atoms with Gasteiger partial charge >= 0.3 is 0 Å². The number of ether oxygens (including phenoxy) is 1. The van der Waals surface area contributed by atoms with Crippen LogP contribution >= 0.6 is 11.6 Å². The van der Waals surface area contributed by atoms with Crippen molar-refractivity contribution in [1.29, 1.82) is 0 Å². The number of aryl methyl sites for hydroxylation is 1. The molecular weight excluding hydrogens is 376 g/mol. The standard InChI is InChI=1S/C21H21ClN4O2/c1-4-28-16-10-8-15(9-11-16)24-20(27)19-12-13(2)23-21(26-19)25-18-7-5-6-17(22)14(18)3/h5-12H,4H2,1-3H3,(H,24,27)(H,23,25,26). The van der Waals surface area contributed by atoms with Crippen molar-refractivity contribution < 1.29 is 9.53 Å². The van der Waals surface area contributed by atoms with Gasteiger partial charge in [-0.05, 0) is 68.8 Å². The second-order valence-electron chi connectivity index (χ2n) is 6.17. The van der Waals surface area contributed by atoms with Gasteiger partial charge in [-0.15, -0.1) is 0 Å². The van der Waals surface area contributed by atoms with E-state index in [-0.39, 0.29) is 11.6 Å². The molecule has 1 heterocycles. The molecule has 0 aliphatic rings. The minimum Gasteiger partial charge on any atom is -0.494 e. The predicted molar refractivity (Wildman–Crippen MR) is 112 cm³/mol. The third-order valence-electron chi connectivity index (χ3n) is 4.02. The summed E-state index contributed by atoms with van der Waals surface area (Å²) in [5, 5.41) is 6.61. The summed E-state index contributed by atoms with van der Waals surface area (Å²) in [6.07, 6.45) is 0. The van der Waals surface area contributed by atoms with Crippen LogP contribution in [0, 0.1) is 13.8 Å². The highest BCUT2D eigenvalue weighted by molar-refractivity contribution is 6.31. The first-order valence-corrected chi connectivity index (χ1v) is 9.26. The Kier molecular flexibility index (Phi) is 6.11. The molecule has 3 rings (SSSR count). The molecule has 0 saturated carbocycles. The van der Waals surface area contributed by atoms with Gasteiger partial charge in [-0.1, -0.05) is 17.7 Å². The Hall–Kier alpha value is -3.12. The highest BCUT2D eigenvalue weighted by Gasteiger charge is 2.12. The van der Waals surface area contributed by atoms with Gasteiger partial charge in [-0.2, -0.15) is 0 Å². The summed E-state index contributed by atoms with van der Waals surface area (Å²) in [5.41, 5.74) is 3.27. The molecule has 0 bridgehead atoms. The average Bonchev–Trinajstić information content (AvgIpc) is 2.67. The molecule has 2 N–H and O–H groups in total. The molecule has 0 atom stereocenters. The highest BCUT2D eigenvalue weighted by atomic mass is 35.5. The highest BCUT2D eigenvalue weighted by Crippen LogP contribution is 2.25. The fraction of sp³-hybridized carbons (Fsp3) is 0.190. The third kappa shape index (κ3) is 4.78. The molecule has 0 saturated heterocycles. The molecule has 7 heteroatoms. The molecule has 0 unspecified atom stereocenters. The van der Waals surface area contributed by atoms with E-state index in [9.17, 15) is 4.79 Å². The molecule has 0 spiro atoms. The number of benzene rings is 2. The normalized spacial score (nSPS) is 10.4. The predicted octanol–water partition coefficient (Wildman–Crippen LogP) is 5.14. The minimum absolute atomic E-state index is 0.267. The van der Waals surface area contributed by atoms with Crippen molar-refractivity contribution in [3.05, 3.63) is 70.5 Å². The number of halogens is 1. The number of hydrogen-bond donors (Lipinski definition) is 2. The Bertz CT molecular complexity index is 990. The van der Waals surface area contributed by atoms with Crippen LogP contribution < -0.4 is 15.4 Å². The molecule has 144 valence electrons. The van der Waals surface area contributed by atoms with Crippen molar-refractivity contribution in [1.82, 2.24) is 9.97 Å². The number of carbonyl (C=O) groups excluding carboxylic acids is 1. The van der Waals surface area contributed by atoms with Crippen LogP contribution in [0.15, 0.2) is 48.5 Å². The second-order valence-corrected chi connectivity index (χ2v) is 6.57. The van der Waals surface area contributed by atoms with E-state index in [1.807, 2.05) is 39.0 Å². The van der Waals surface area contributed by atoms with E-state index in [1.54, 1.807) is 30.3 Å². The van der Waals surface area contributed by atoms with E-state index in [4.69, 9.17) is 16.3 Å². The van der Waals surface area contributed by atoms with Crippen LogP contribution in [0.25, 0.3) is 0 Å². The summed E-state index contributed by atoms with van der Waals surface area (Å²) in [6.45, 7) is 6.22. The molecular formula is C21H21ClN4O2. The first kappa shape index (κ1) is 19.6. The molecule has 0 fully saturated rings. The maximum atomic E-state index is 12.6. The van der Waals surface area contributed by atoms with Gasteiger partial charge in [0.1, 0.15) is 11.4 Å². The van der Waals surface area contributed by atoms with Gasteiger partial charge in [0.15, 0.2) is 0 Å². The van der Waals surface area contributed by atoms with Crippen molar-refractivity contribution in [2.24, 2.45) is 0 Å². The molecule has 0 radical (unpaired) electrons. The van der Waals surface area contributed by atoms with Gasteiger partial charge in [0.25, 0.3) is 5.91 Å². The number of carbonyl (C=O) groups is 1. The molecule has 28 heavy (non-hydrogen) atoms. The number of aromatic nitrogens is 2. The number of rotatable bonds is 6. The lowest BCUT2D eigenvalue weighted by atomic mass is 10.2.